The lowest BCUT2D eigenvalue weighted by molar-refractivity contribution is 0.502. The van der Waals surface area contributed by atoms with E-state index in [1.165, 1.54) is 5.56 Å². The van der Waals surface area contributed by atoms with Crippen LogP contribution in [0.3, 0.4) is 0 Å². The summed E-state index contributed by atoms with van der Waals surface area (Å²) in [7, 11) is 3.98. The van der Waals surface area contributed by atoms with Gasteiger partial charge in [0.2, 0.25) is 0 Å². The predicted molar refractivity (Wildman–Crippen MR) is 81.7 cm³/mol. The zero-order chi connectivity index (χ0) is 14.2. The molecule has 0 radical (unpaired) electrons. The Kier molecular flexibility index (Phi) is 5.24. The molecule has 4 heteroatoms. The van der Waals surface area contributed by atoms with Gasteiger partial charge in [0.25, 0.3) is 0 Å². The molecule has 2 aromatic rings. The third kappa shape index (κ3) is 4.46. The molecule has 1 aromatic heterocycles. The van der Waals surface area contributed by atoms with E-state index < -0.39 is 0 Å². The average molecular weight is 271 g/mol. The van der Waals surface area contributed by atoms with Crippen LogP contribution in [0.5, 0.6) is 0 Å². The maximum absolute atomic E-state index is 5.31. The summed E-state index contributed by atoms with van der Waals surface area (Å²) >= 11 is 0. The van der Waals surface area contributed by atoms with Crippen molar-refractivity contribution in [1.82, 2.24) is 10.2 Å². The van der Waals surface area contributed by atoms with Crippen LogP contribution in [-0.2, 0) is 13.0 Å². The molecule has 0 atom stereocenters. The minimum atomic E-state index is 0.683. The maximum Gasteiger partial charge on any atom is 0.193 e. The number of nitrogens with one attached hydrogen (secondary N) is 1. The third-order valence-electron chi connectivity index (χ3n) is 2.91. The van der Waals surface area contributed by atoms with Crippen LogP contribution in [0.4, 0.5) is 0 Å². The fourth-order valence-electron chi connectivity index (χ4n) is 1.86. The highest BCUT2D eigenvalue weighted by Gasteiger charge is 2.02. The van der Waals surface area contributed by atoms with E-state index in [0.29, 0.717) is 6.54 Å². The smallest absolute Gasteiger partial charge is 0.193 e. The van der Waals surface area contributed by atoms with E-state index in [4.69, 9.17) is 4.42 Å². The molecule has 4 nitrogen and oxygen atoms in total. The summed E-state index contributed by atoms with van der Waals surface area (Å²) in [5.74, 6) is 1.87. The van der Waals surface area contributed by atoms with Crippen molar-refractivity contribution < 1.29 is 4.42 Å². The molecule has 0 aliphatic carbocycles. The van der Waals surface area contributed by atoms with Crippen molar-refractivity contribution in [1.29, 1.82) is 0 Å². The number of aliphatic imine (C=N–C) groups is 1. The zero-order valence-electron chi connectivity index (χ0n) is 12.0. The summed E-state index contributed by atoms with van der Waals surface area (Å²) in [4.78, 5) is 6.60. The Balaban J connectivity index is 1.86. The highest BCUT2D eigenvalue weighted by Crippen LogP contribution is 2.02. The number of guanidine groups is 1. The molecular formula is C16H21N3O. The topological polar surface area (TPSA) is 40.8 Å². The van der Waals surface area contributed by atoms with Gasteiger partial charge in [0.1, 0.15) is 5.76 Å². The van der Waals surface area contributed by atoms with Crippen LogP contribution < -0.4 is 5.32 Å². The van der Waals surface area contributed by atoms with Gasteiger partial charge < -0.3 is 14.6 Å². The fraction of sp³-hybridized carbons (Fsp3) is 0.312. The Labute approximate surface area is 120 Å². The van der Waals surface area contributed by atoms with E-state index in [-0.39, 0.29) is 0 Å². The molecule has 2 rings (SSSR count). The first-order valence-electron chi connectivity index (χ1n) is 6.77. The van der Waals surface area contributed by atoms with Crippen molar-refractivity contribution in [2.24, 2.45) is 4.99 Å². The molecule has 20 heavy (non-hydrogen) atoms. The van der Waals surface area contributed by atoms with Gasteiger partial charge in [0, 0.05) is 27.1 Å². The normalized spacial score (nSPS) is 11.4. The largest absolute Gasteiger partial charge is 0.469 e. The third-order valence-corrected chi connectivity index (χ3v) is 2.91. The van der Waals surface area contributed by atoms with Gasteiger partial charge in [-0.15, -0.1) is 0 Å². The Hall–Kier alpha value is -2.23. The SMILES string of the molecule is CN(C)C(=NCc1ccccc1)NCCc1ccco1. The van der Waals surface area contributed by atoms with Crippen molar-refractivity contribution in [2.45, 2.75) is 13.0 Å². The molecular weight excluding hydrogens is 250 g/mol. The van der Waals surface area contributed by atoms with Crippen LogP contribution in [0.25, 0.3) is 0 Å². The number of benzene rings is 1. The minimum Gasteiger partial charge on any atom is -0.469 e. The van der Waals surface area contributed by atoms with Gasteiger partial charge in [0.15, 0.2) is 5.96 Å². The Morgan fingerprint density at radius 2 is 1.95 bits per heavy atom. The molecule has 1 aromatic carbocycles. The fourth-order valence-corrected chi connectivity index (χ4v) is 1.86. The number of rotatable bonds is 5. The lowest BCUT2D eigenvalue weighted by atomic mass is 10.2. The molecule has 0 amide bonds. The van der Waals surface area contributed by atoms with Gasteiger partial charge in [-0.05, 0) is 17.7 Å². The van der Waals surface area contributed by atoms with Gasteiger partial charge in [-0.1, -0.05) is 30.3 Å². The molecule has 106 valence electrons. The predicted octanol–water partition coefficient (Wildman–Crippen LogP) is 2.53. The minimum absolute atomic E-state index is 0.683. The molecule has 0 aliphatic heterocycles. The van der Waals surface area contributed by atoms with E-state index in [2.05, 4.69) is 22.4 Å². The van der Waals surface area contributed by atoms with Crippen molar-refractivity contribution in [3.05, 3.63) is 60.1 Å². The summed E-state index contributed by atoms with van der Waals surface area (Å²) in [5.41, 5.74) is 1.21. The lowest BCUT2D eigenvalue weighted by Gasteiger charge is -2.17. The molecule has 0 saturated heterocycles. The Morgan fingerprint density at radius 3 is 2.60 bits per heavy atom. The maximum atomic E-state index is 5.31. The number of nitrogens with zero attached hydrogens (tertiary/aromatic N) is 2. The summed E-state index contributed by atoms with van der Waals surface area (Å²) in [6, 6.07) is 14.1. The van der Waals surface area contributed by atoms with Crippen LogP contribution in [0.15, 0.2) is 58.1 Å². The summed E-state index contributed by atoms with van der Waals surface area (Å²) in [6.07, 6.45) is 2.55. The lowest BCUT2D eigenvalue weighted by Crippen LogP contribution is -2.37. The molecule has 1 N–H and O–H groups in total. The highest BCUT2D eigenvalue weighted by atomic mass is 16.3. The van der Waals surface area contributed by atoms with Crippen molar-refractivity contribution in [3.63, 3.8) is 0 Å². The van der Waals surface area contributed by atoms with Gasteiger partial charge in [-0.3, -0.25) is 0 Å². The molecule has 0 saturated carbocycles. The average Bonchev–Trinajstić information content (AvgIpc) is 2.96. The molecule has 0 fully saturated rings. The first-order valence-corrected chi connectivity index (χ1v) is 6.77. The second kappa shape index (κ2) is 7.38. The van der Waals surface area contributed by atoms with Crippen molar-refractivity contribution >= 4 is 5.96 Å². The van der Waals surface area contributed by atoms with Crippen molar-refractivity contribution in [2.75, 3.05) is 20.6 Å². The molecule has 1 heterocycles. The second-order valence-corrected chi connectivity index (χ2v) is 4.78. The van der Waals surface area contributed by atoms with Gasteiger partial charge in [-0.2, -0.15) is 0 Å². The van der Waals surface area contributed by atoms with Crippen LogP contribution in [-0.4, -0.2) is 31.5 Å². The number of furan rings is 1. The van der Waals surface area contributed by atoms with E-state index in [1.54, 1.807) is 6.26 Å². The molecule has 0 aliphatic rings. The summed E-state index contributed by atoms with van der Waals surface area (Å²) in [6.45, 7) is 1.49. The summed E-state index contributed by atoms with van der Waals surface area (Å²) < 4.78 is 5.31. The summed E-state index contributed by atoms with van der Waals surface area (Å²) in [5, 5.41) is 3.34. The Morgan fingerprint density at radius 1 is 1.15 bits per heavy atom. The van der Waals surface area contributed by atoms with E-state index in [0.717, 1.165) is 24.7 Å². The van der Waals surface area contributed by atoms with Crippen LogP contribution in [0.2, 0.25) is 0 Å². The first kappa shape index (κ1) is 14.2. The standard InChI is InChI=1S/C16H21N3O/c1-19(2)16(17-11-10-15-9-6-12-20-15)18-13-14-7-4-3-5-8-14/h3-9,12H,10-11,13H2,1-2H3,(H,17,18). The monoisotopic (exact) mass is 271 g/mol. The van der Waals surface area contributed by atoms with Gasteiger partial charge in [0.05, 0.1) is 12.8 Å². The van der Waals surface area contributed by atoms with Crippen LogP contribution >= 0.6 is 0 Å². The van der Waals surface area contributed by atoms with Crippen molar-refractivity contribution in [3.8, 4) is 0 Å². The molecule has 0 bridgehead atoms. The van der Waals surface area contributed by atoms with Gasteiger partial charge in [-0.25, -0.2) is 4.99 Å². The van der Waals surface area contributed by atoms with E-state index in [9.17, 15) is 0 Å². The van der Waals surface area contributed by atoms with Crippen LogP contribution in [0.1, 0.15) is 11.3 Å². The zero-order valence-corrected chi connectivity index (χ0v) is 12.0. The first-order chi connectivity index (χ1) is 9.75. The Bertz CT molecular complexity index is 518. The number of hydrogen-bond acceptors (Lipinski definition) is 2. The van der Waals surface area contributed by atoms with E-state index >= 15 is 0 Å². The quantitative estimate of drug-likeness (QED) is 0.671. The second-order valence-electron chi connectivity index (χ2n) is 4.78. The van der Waals surface area contributed by atoms with E-state index in [1.807, 2.05) is 49.3 Å². The van der Waals surface area contributed by atoms with Gasteiger partial charge >= 0.3 is 0 Å². The molecule has 0 unspecified atom stereocenters. The number of hydrogen-bond donors (Lipinski definition) is 1. The molecule has 0 spiro atoms. The van der Waals surface area contributed by atoms with Crippen LogP contribution in [0, 0.1) is 0 Å². The highest BCUT2D eigenvalue weighted by molar-refractivity contribution is 5.79.